The van der Waals surface area contributed by atoms with Crippen molar-refractivity contribution >= 4 is 5.78 Å². The Morgan fingerprint density at radius 3 is 3.06 bits per heavy atom. The average Bonchev–Trinajstić information content (AvgIpc) is 2.83. The molecule has 1 heterocycles. The van der Waals surface area contributed by atoms with Crippen molar-refractivity contribution in [2.24, 2.45) is 0 Å². The number of Topliss-reactive ketones (excluding diaryl/α,β-unsaturated/α-hetero) is 1. The molecule has 0 aliphatic carbocycles. The first-order chi connectivity index (χ1) is 7.81. The molecule has 0 spiro atoms. The first-order valence-corrected chi connectivity index (χ1v) is 4.80. The molecule has 1 aromatic carbocycles. The molecule has 78 valence electrons. The minimum Gasteiger partial charge on any atom is -0.306 e. The van der Waals surface area contributed by atoms with E-state index >= 15 is 0 Å². The Morgan fingerprint density at radius 1 is 1.50 bits per heavy atom. The van der Waals surface area contributed by atoms with Gasteiger partial charge in [-0.1, -0.05) is 12.1 Å². The number of nitrogens with zero attached hydrogens (tertiary/aromatic N) is 3. The van der Waals surface area contributed by atoms with Gasteiger partial charge in [0.15, 0.2) is 5.78 Å². The van der Waals surface area contributed by atoms with Crippen LogP contribution in [0.25, 0.3) is 5.69 Å². The van der Waals surface area contributed by atoms with Crippen LogP contribution in [0.2, 0.25) is 0 Å². The van der Waals surface area contributed by atoms with Crippen LogP contribution in [-0.2, 0) is 0 Å². The lowest BCUT2D eigenvalue weighted by atomic mass is 10.1. The fourth-order valence-electron chi connectivity index (χ4n) is 1.43. The Kier molecular flexibility index (Phi) is 2.79. The van der Waals surface area contributed by atoms with Crippen molar-refractivity contribution in [1.82, 2.24) is 9.55 Å². The lowest BCUT2D eigenvalue weighted by molar-refractivity contribution is 0.0997. The van der Waals surface area contributed by atoms with Gasteiger partial charge in [-0.05, 0) is 12.1 Å². The highest BCUT2D eigenvalue weighted by Gasteiger charge is 2.05. The second kappa shape index (κ2) is 4.41. The van der Waals surface area contributed by atoms with E-state index in [1.807, 2.05) is 16.7 Å². The number of ketones is 1. The van der Waals surface area contributed by atoms with Crippen molar-refractivity contribution in [2.45, 2.75) is 6.42 Å². The van der Waals surface area contributed by atoms with E-state index < -0.39 is 0 Å². The monoisotopic (exact) mass is 211 g/mol. The summed E-state index contributed by atoms with van der Waals surface area (Å²) in [7, 11) is 0. The highest BCUT2D eigenvalue weighted by molar-refractivity contribution is 5.97. The predicted octanol–water partition coefficient (Wildman–Crippen LogP) is 1.97. The molecule has 0 N–H and O–H groups in total. The molecule has 0 bridgehead atoms. The van der Waals surface area contributed by atoms with Gasteiger partial charge >= 0.3 is 0 Å². The van der Waals surface area contributed by atoms with Crippen molar-refractivity contribution in [3.05, 3.63) is 48.5 Å². The molecule has 16 heavy (non-hydrogen) atoms. The number of hydrogen-bond donors (Lipinski definition) is 0. The van der Waals surface area contributed by atoms with Gasteiger partial charge in [0.05, 0.1) is 18.8 Å². The smallest absolute Gasteiger partial charge is 0.176 e. The molecule has 0 aliphatic rings. The summed E-state index contributed by atoms with van der Waals surface area (Å²) >= 11 is 0. The molecule has 0 fully saturated rings. The lowest BCUT2D eigenvalue weighted by Gasteiger charge is -2.03. The van der Waals surface area contributed by atoms with Crippen LogP contribution in [0.4, 0.5) is 0 Å². The number of nitriles is 1. The summed E-state index contributed by atoms with van der Waals surface area (Å²) in [6, 6.07) is 8.98. The molecule has 0 aliphatic heterocycles. The van der Waals surface area contributed by atoms with Crippen LogP contribution in [-0.4, -0.2) is 15.3 Å². The maximum Gasteiger partial charge on any atom is 0.176 e. The van der Waals surface area contributed by atoms with Gasteiger partial charge in [0, 0.05) is 23.6 Å². The largest absolute Gasteiger partial charge is 0.306 e. The second-order valence-corrected chi connectivity index (χ2v) is 3.28. The molecule has 4 heteroatoms. The van der Waals surface area contributed by atoms with Gasteiger partial charge in [-0.15, -0.1) is 0 Å². The van der Waals surface area contributed by atoms with Crippen molar-refractivity contribution in [3.63, 3.8) is 0 Å². The lowest BCUT2D eigenvalue weighted by Crippen LogP contribution is -1.99. The first-order valence-electron chi connectivity index (χ1n) is 4.80. The topological polar surface area (TPSA) is 58.7 Å². The summed E-state index contributed by atoms with van der Waals surface area (Å²) in [6.45, 7) is 0. The third-order valence-electron chi connectivity index (χ3n) is 2.21. The number of carbonyl (C=O) groups excluding carboxylic acids is 1. The Bertz CT molecular complexity index is 538. The maximum absolute atomic E-state index is 11.5. The van der Waals surface area contributed by atoms with E-state index in [1.54, 1.807) is 36.9 Å². The van der Waals surface area contributed by atoms with Gasteiger partial charge < -0.3 is 4.57 Å². The normalized spacial score (nSPS) is 9.69. The second-order valence-electron chi connectivity index (χ2n) is 3.28. The van der Waals surface area contributed by atoms with Gasteiger partial charge in [0.25, 0.3) is 0 Å². The molecule has 1 aromatic heterocycles. The average molecular weight is 211 g/mol. The Balaban J connectivity index is 2.34. The van der Waals surface area contributed by atoms with Gasteiger partial charge in [-0.3, -0.25) is 4.79 Å². The minimum absolute atomic E-state index is 0.0899. The van der Waals surface area contributed by atoms with E-state index in [1.165, 1.54) is 0 Å². The number of hydrogen-bond acceptors (Lipinski definition) is 3. The molecule has 0 amide bonds. The van der Waals surface area contributed by atoms with Gasteiger partial charge in [-0.2, -0.15) is 5.26 Å². The molecule has 0 saturated heterocycles. The summed E-state index contributed by atoms with van der Waals surface area (Å²) in [5.41, 5.74) is 1.41. The van der Waals surface area contributed by atoms with E-state index in [0.717, 1.165) is 5.69 Å². The summed E-state index contributed by atoms with van der Waals surface area (Å²) in [5, 5.41) is 8.47. The number of rotatable bonds is 3. The molecular weight excluding hydrogens is 202 g/mol. The number of imidazole rings is 1. The fraction of sp³-hybridized carbons (Fsp3) is 0.0833. The summed E-state index contributed by atoms with van der Waals surface area (Å²) in [6.07, 6.45) is 5.04. The number of carbonyl (C=O) groups is 1. The molecule has 2 rings (SSSR count). The Hall–Kier alpha value is -2.41. The zero-order valence-electron chi connectivity index (χ0n) is 8.50. The van der Waals surface area contributed by atoms with Crippen LogP contribution < -0.4 is 0 Å². The molecule has 0 radical (unpaired) electrons. The standard InChI is InChI=1S/C12H9N3O/c13-5-4-12(16)10-2-1-3-11(8-10)15-7-6-14-9-15/h1-3,6-9H,4H2. The van der Waals surface area contributed by atoms with Crippen LogP contribution in [0.15, 0.2) is 43.0 Å². The molecular formula is C12H9N3O. The van der Waals surface area contributed by atoms with E-state index in [2.05, 4.69) is 4.98 Å². The van der Waals surface area contributed by atoms with Gasteiger partial charge in [0.2, 0.25) is 0 Å². The van der Waals surface area contributed by atoms with E-state index in [9.17, 15) is 4.79 Å². The third-order valence-corrected chi connectivity index (χ3v) is 2.21. The van der Waals surface area contributed by atoms with E-state index in [-0.39, 0.29) is 12.2 Å². The zero-order valence-corrected chi connectivity index (χ0v) is 8.50. The maximum atomic E-state index is 11.5. The molecule has 0 unspecified atom stereocenters. The van der Waals surface area contributed by atoms with Gasteiger partial charge in [0.1, 0.15) is 0 Å². The quantitative estimate of drug-likeness (QED) is 0.729. The van der Waals surface area contributed by atoms with E-state index in [4.69, 9.17) is 5.26 Å². The number of aromatic nitrogens is 2. The predicted molar refractivity (Wildman–Crippen MR) is 58.1 cm³/mol. The molecule has 0 atom stereocenters. The van der Waals surface area contributed by atoms with Crippen LogP contribution in [0.1, 0.15) is 16.8 Å². The summed E-state index contributed by atoms with van der Waals surface area (Å²) in [4.78, 5) is 15.5. The fourth-order valence-corrected chi connectivity index (χ4v) is 1.43. The van der Waals surface area contributed by atoms with Crippen LogP contribution in [0.5, 0.6) is 0 Å². The van der Waals surface area contributed by atoms with Gasteiger partial charge in [-0.25, -0.2) is 4.98 Å². The summed E-state index contributed by atoms with van der Waals surface area (Å²) in [5.74, 6) is -0.163. The van der Waals surface area contributed by atoms with Crippen LogP contribution in [0.3, 0.4) is 0 Å². The Morgan fingerprint density at radius 2 is 2.38 bits per heavy atom. The minimum atomic E-state index is -0.163. The molecule has 4 nitrogen and oxygen atoms in total. The highest BCUT2D eigenvalue weighted by Crippen LogP contribution is 2.11. The van der Waals surface area contributed by atoms with Crippen molar-refractivity contribution in [2.75, 3.05) is 0 Å². The first kappa shape index (κ1) is 10.1. The Labute approximate surface area is 92.8 Å². The molecule has 0 saturated carbocycles. The highest BCUT2D eigenvalue weighted by atomic mass is 16.1. The van der Waals surface area contributed by atoms with Crippen LogP contribution >= 0.6 is 0 Å². The van der Waals surface area contributed by atoms with Crippen molar-refractivity contribution in [3.8, 4) is 11.8 Å². The zero-order chi connectivity index (χ0) is 11.4. The van der Waals surface area contributed by atoms with Crippen LogP contribution in [0, 0.1) is 11.3 Å². The van der Waals surface area contributed by atoms with E-state index in [0.29, 0.717) is 5.56 Å². The SMILES string of the molecule is N#CCC(=O)c1cccc(-n2ccnc2)c1. The third kappa shape index (κ3) is 1.98. The molecule has 2 aromatic rings. The van der Waals surface area contributed by atoms with Crippen molar-refractivity contribution < 1.29 is 4.79 Å². The van der Waals surface area contributed by atoms with Crippen molar-refractivity contribution in [1.29, 1.82) is 5.26 Å². The number of benzene rings is 1. The summed E-state index contributed by atoms with van der Waals surface area (Å²) < 4.78 is 1.81.